The lowest BCUT2D eigenvalue weighted by Gasteiger charge is -2.33. The standard InChI is InChI=1S/C8H18N2O4S.C4H7NO4/c11-7-5-9-1-3-10(4-2-9)6-8-15(12,13)14;6-3(7)1-5-2-4(8)9/h11H,1-8H2,(H,12,13,14);5H,1-2H2,(H,6,7)(H,8,9). The van der Waals surface area contributed by atoms with E-state index in [0.29, 0.717) is 13.1 Å². The van der Waals surface area contributed by atoms with E-state index in [9.17, 15) is 18.0 Å². The van der Waals surface area contributed by atoms with E-state index >= 15 is 0 Å². The summed E-state index contributed by atoms with van der Waals surface area (Å²) in [5, 5.41) is 26.9. The van der Waals surface area contributed by atoms with Crippen molar-refractivity contribution in [1.29, 1.82) is 0 Å². The average Bonchev–Trinajstić information content (AvgIpc) is 2.46. The predicted octanol–water partition coefficient (Wildman–Crippen LogP) is -2.77. The highest BCUT2D eigenvalue weighted by Crippen LogP contribution is 2.01. The molecular formula is C12H25N3O8S. The molecule has 1 aliphatic heterocycles. The van der Waals surface area contributed by atoms with Gasteiger partial charge >= 0.3 is 11.9 Å². The summed E-state index contributed by atoms with van der Waals surface area (Å²) >= 11 is 0. The molecule has 24 heavy (non-hydrogen) atoms. The first-order valence-electron chi connectivity index (χ1n) is 7.29. The SMILES string of the molecule is O=C(O)CNCC(=O)O.O=S(=O)(O)CCN1CCN(CCO)CC1. The first-order chi connectivity index (χ1) is 11.1. The zero-order valence-corrected chi connectivity index (χ0v) is 14.1. The van der Waals surface area contributed by atoms with E-state index in [1.807, 2.05) is 4.90 Å². The van der Waals surface area contributed by atoms with Crippen LogP contribution >= 0.6 is 0 Å². The number of carboxylic acids is 2. The van der Waals surface area contributed by atoms with Gasteiger partial charge < -0.3 is 15.3 Å². The van der Waals surface area contributed by atoms with Crippen LogP contribution in [0.1, 0.15) is 0 Å². The number of aliphatic carboxylic acids is 2. The van der Waals surface area contributed by atoms with Crippen molar-refractivity contribution >= 4 is 22.1 Å². The number of rotatable bonds is 9. The van der Waals surface area contributed by atoms with Crippen molar-refractivity contribution in [2.75, 3.05) is 64.7 Å². The van der Waals surface area contributed by atoms with E-state index in [4.69, 9.17) is 19.9 Å². The van der Waals surface area contributed by atoms with Gasteiger partial charge in [0.05, 0.1) is 25.4 Å². The maximum atomic E-state index is 10.5. The molecule has 1 aliphatic rings. The molecule has 5 N–H and O–H groups in total. The predicted molar refractivity (Wildman–Crippen MR) is 84.5 cm³/mol. The maximum absolute atomic E-state index is 10.5. The van der Waals surface area contributed by atoms with Crippen molar-refractivity contribution in [3.8, 4) is 0 Å². The number of carboxylic acid groups (broad SMARTS) is 2. The second kappa shape index (κ2) is 12.1. The topological polar surface area (TPSA) is 168 Å². The van der Waals surface area contributed by atoms with E-state index in [-0.39, 0.29) is 25.4 Å². The number of carbonyl (C=O) groups is 2. The molecule has 11 nitrogen and oxygen atoms in total. The van der Waals surface area contributed by atoms with E-state index in [0.717, 1.165) is 26.2 Å². The second-order valence-electron chi connectivity index (χ2n) is 5.08. The Labute approximate surface area is 140 Å². The molecule has 0 aromatic heterocycles. The number of nitrogens with zero attached hydrogens (tertiary/aromatic N) is 2. The number of piperazine rings is 1. The summed E-state index contributed by atoms with van der Waals surface area (Å²) < 4.78 is 29.6. The molecule has 142 valence electrons. The van der Waals surface area contributed by atoms with E-state index in [1.54, 1.807) is 0 Å². The van der Waals surface area contributed by atoms with Gasteiger partial charge in [-0.2, -0.15) is 8.42 Å². The van der Waals surface area contributed by atoms with E-state index < -0.39 is 22.1 Å². The van der Waals surface area contributed by atoms with Crippen molar-refractivity contribution in [2.45, 2.75) is 0 Å². The van der Waals surface area contributed by atoms with Crippen LogP contribution < -0.4 is 5.32 Å². The summed E-state index contributed by atoms with van der Waals surface area (Å²) in [6, 6.07) is 0. The normalized spacial score (nSPS) is 16.2. The van der Waals surface area contributed by atoms with Gasteiger partial charge in [-0.1, -0.05) is 0 Å². The van der Waals surface area contributed by atoms with E-state index in [1.165, 1.54) is 0 Å². The maximum Gasteiger partial charge on any atom is 0.317 e. The number of aliphatic hydroxyl groups excluding tert-OH is 1. The summed E-state index contributed by atoms with van der Waals surface area (Å²) in [6.45, 7) is 3.84. The molecule has 0 atom stereocenters. The Morgan fingerprint density at radius 1 is 0.917 bits per heavy atom. The Balaban J connectivity index is 0.000000506. The van der Waals surface area contributed by atoms with Gasteiger partial charge in [-0.15, -0.1) is 0 Å². The molecule has 1 fully saturated rings. The van der Waals surface area contributed by atoms with Crippen molar-refractivity contribution in [3.63, 3.8) is 0 Å². The highest BCUT2D eigenvalue weighted by atomic mass is 32.2. The Bertz CT molecular complexity index is 463. The van der Waals surface area contributed by atoms with Crippen LogP contribution in [-0.4, -0.2) is 115 Å². The third-order valence-electron chi connectivity index (χ3n) is 3.10. The Morgan fingerprint density at radius 3 is 1.67 bits per heavy atom. The molecule has 0 spiro atoms. The van der Waals surface area contributed by atoms with Gasteiger partial charge in [0.15, 0.2) is 0 Å². The van der Waals surface area contributed by atoms with Crippen molar-refractivity contribution in [2.24, 2.45) is 0 Å². The van der Waals surface area contributed by atoms with Crippen LogP contribution in [0.4, 0.5) is 0 Å². The van der Waals surface area contributed by atoms with Gasteiger partial charge in [-0.25, -0.2) is 0 Å². The van der Waals surface area contributed by atoms with Crippen molar-refractivity contribution in [1.82, 2.24) is 15.1 Å². The molecule has 12 heteroatoms. The number of β-amino-alcohol motifs (C(OH)–C–C–N with tert-alkyl or cyclic N) is 1. The monoisotopic (exact) mass is 371 g/mol. The fourth-order valence-electron chi connectivity index (χ4n) is 1.90. The lowest BCUT2D eigenvalue weighted by molar-refractivity contribution is -0.137. The minimum absolute atomic E-state index is 0.158. The van der Waals surface area contributed by atoms with Crippen LogP contribution in [0.2, 0.25) is 0 Å². The molecule has 0 aromatic rings. The van der Waals surface area contributed by atoms with Crippen LogP contribution in [0, 0.1) is 0 Å². The molecular weight excluding hydrogens is 346 g/mol. The molecule has 0 saturated carbocycles. The molecule has 0 aromatic carbocycles. The lowest BCUT2D eigenvalue weighted by atomic mass is 10.3. The van der Waals surface area contributed by atoms with Crippen LogP contribution in [0.25, 0.3) is 0 Å². The Hall–Kier alpha value is -1.31. The largest absolute Gasteiger partial charge is 0.480 e. The van der Waals surface area contributed by atoms with Gasteiger partial charge in [0.25, 0.3) is 10.1 Å². The van der Waals surface area contributed by atoms with Gasteiger partial charge in [-0.3, -0.25) is 29.3 Å². The number of hydrogen-bond acceptors (Lipinski definition) is 8. The van der Waals surface area contributed by atoms with Crippen molar-refractivity contribution in [3.05, 3.63) is 0 Å². The zero-order chi connectivity index (χ0) is 18.6. The number of nitrogens with one attached hydrogen (secondary N) is 1. The molecule has 1 rings (SSSR count). The third-order valence-corrected chi connectivity index (χ3v) is 3.80. The second-order valence-corrected chi connectivity index (χ2v) is 6.66. The molecule has 0 amide bonds. The fourth-order valence-corrected chi connectivity index (χ4v) is 2.39. The molecule has 0 radical (unpaired) electrons. The third kappa shape index (κ3) is 14.3. The quantitative estimate of drug-likeness (QED) is 0.266. The summed E-state index contributed by atoms with van der Waals surface area (Å²) in [7, 11) is -3.84. The summed E-state index contributed by atoms with van der Waals surface area (Å²) in [6.07, 6.45) is 0. The Kier molecular flexibility index (Phi) is 11.4. The molecule has 1 saturated heterocycles. The smallest absolute Gasteiger partial charge is 0.317 e. The van der Waals surface area contributed by atoms with E-state index in [2.05, 4.69) is 10.2 Å². The van der Waals surface area contributed by atoms with Crippen molar-refractivity contribution < 1.29 is 37.9 Å². The average molecular weight is 371 g/mol. The van der Waals surface area contributed by atoms with Gasteiger partial charge in [0.2, 0.25) is 0 Å². The van der Waals surface area contributed by atoms with Crippen LogP contribution in [0.3, 0.4) is 0 Å². The fraction of sp³-hybridized carbons (Fsp3) is 0.833. The number of hydrogen-bond donors (Lipinski definition) is 5. The highest BCUT2D eigenvalue weighted by molar-refractivity contribution is 7.85. The first-order valence-corrected chi connectivity index (χ1v) is 8.90. The van der Waals surface area contributed by atoms with Gasteiger partial charge in [0, 0.05) is 39.3 Å². The zero-order valence-electron chi connectivity index (χ0n) is 13.3. The highest BCUT2D eigenvalue weighted by Gasteiger charge is 2.17. The van der Waals surface area contributed by atoms with Crippen LogP contribution in [-0.2, 0) is 19.7 Å². The summed E-state index contributed by atoms with van der Waals surface area (Å²) in [5.74, 6) is -2.32. The molecule has 1 heterocycles. The van der Waals surface area contributed by atoms with Crippen LogP contribution in [0.15, 0.2) is 0 Å². The van der Waals surface area contributed by atoms with Gasteiger partial charge in [-0.05, 0) is 0 Å². The summed E-state index contributed by atoms with van der Waals surface area (Å²) in [4.78, 5) is 23.6. The van der Waals surface area contributed by atoms with Gasteiger partial charge in [0.1, 0.15) is 0 Å². The minimum Gasteiger partial charge on any atom is -0.480 e. The molecule has 0 aliphatic carbocycles. The lowest BCUT2D eigenvalue weighted by Crippen LogP contribution is -2.48. The van der Waals surface area contributed by atoms with Crippen LogP contribution in [0.5, 0.6) is 0 Å². The summed E-state index contributed by atoms with van der Waals surface area (Å²) in [5.41, 5.74) is 0. The molecule has 0 bridgehead atoms. The number of aliphatic hydroxyl groups is 1. The Morgan fingerprint density at radius 2 is 1.33 bits per heavy atom. The first kappa shape index (κ1) is 22.7. The minimum atomic E-state index is -3.84. The molecule has 0 unspecified atom stereocenters.